The second kappa shape index (κ2) is 16.3. The van der Waals surface area contributed by atoms with Gasteiger partial charge in [0.1, 0.15) is 30.2 Å². The predicted octanol–water partition coefficient (Wildman–Crippen LogP) is -4.76. The van der Waals surface area contributed by atoms with E-state index in [1.807, 2.05) is 0 Å². The van der Waals surface area contributed by atoms with Crippen molar-refractivity contribution in [1.82, 2.24) is 21.3 Å². The van der Waals surface area contributed by atoms with Gasteiger partial charge in [0.2, 0.25) is 35.4 Å². The molecular formula is C20H35N7O9S. The highest BCUT2D eigenvalue weighted by Crippen LogP contribution is 2.04. The number of thioether (sulfide) groups is 1. The summed E-state index contributed by atoms with van der Waals surface area (Å²) in [6.07, 6.45) is -0.727. The van der Waals surface area contributed by atoms with Crippen molar-refractivity contribution in [1.29, 1.82) is 0 Å². The largest absolute Gasteiger partial charge is 0.480 e. The lowest BCUT2D eigenvalue weighted by atomic mass is 10.1. The second-order valence-corrected chi connectivity index (χ2v) is 9.13. The summed E-state index contributed by atoms with van der Waals surface area (Å²) >= 11 is 1.35. The van der Waals surface area contributed by atoms with E-state index in [-0.39, 0.29) is 6.42 Å². The molecule has 37 heavy (non-hydrogen) atoms. The predicted molar refractivity (Wildman–Crippen MR) is 131 cm³/mol. The molecule has 0 unspecified atom stereocenters. The Bertz CT molecular complexity index is 871. The first-order chi connectivity index (χ1) is 17.1. The van der Waals surface area contributed by atoms with Gasteiger partial charge < -0.3 is 48.7 Å². The molecule has 0 heterocycles. The number of rotatable bonds is 17. The van der Waals surface area contributed by atoms with Crippen LogP contribution in [-0.2, 0) is 33.6 Å². The molecule has 0 aromatic heterocycles. The highest BCUT2D eigenvalue weighted by Gasteiger charge is 2.31. The normalized spacial score (nSPS) is 15.6. The molecular weight excluding hydrogens is 514 g/mol. The van der Waals surface area contributed by atoms with Crippen LogP contribution in [0.4, 0.5) is 0 Å². The van der Waals surface area contributed by atoms with E-state index in [1.54, 1.807) is 6.26 Å². The van der Waals surface area contributed by atoms with Gasteiger partial charge in [0.15, 0.2) is 0 Å². The second-order valence-electron chi connectivity index (χ2n) is 8.14. The van der Waals surface area contributed by atoms with Crippen molar-refractivity contribution < 1.29 is 43.8 Å². The summed E-state index contributed by atoms with van der Waals surface area (Å²) < 4.78 is 0. The number of nitrogens with one attached hydrogen (secondary N) is 4. The van der Waals surface area contributed by atoms with Gasteiger partial charge in [-0.1, -0.05) is 0 Å². The Balaban J connectivity index is 5.42. The minimum Gasteiger partial charge on any atom is -0.480 e. The van der Waals surface area contributed by atoms with Crippen molar-refractivity contribution in [2.24, 2.45) is 17.2 Å². The third-order valence-electron chi connectivity index (χ3n) is 4.88. The Kier molecular flexibility index (Phi) is 14.8. The maximum Gasteiger partial charge on any atom is 0.326 e. The molecule has 12 N–H and O–H groups in total. The molecule has 0 saturated carbocycles. The molecule has 210 valence electrons. The SMILES string of the molecule is CSCC[C@H](NC(=O)[C@H](C)NC(=O)[C@H](CC(N)=O)NC(=O)[C@@H](N)[C@@H](C)O)C(=O)N[C@@H](CC(N)=O)C(=O)O. The highest BCUT2D eigenvalue weighted by atomic mass is 32.2. The van der Waals surface area contributed by atoms with Gasteiger partial charge in [0, 0.05) is 0 Å². The summed E-state index contributed by atoms with van der Waals surface area (Å²) in [7, 11) is 0. The summed E-state index contributed by atoms with van der Waals surface area (Å²) in [5.41, 5.74) is 15.6. The maximum absolute atomic E-state index is 12.7. The van der Waals surface area contributed by atoms with Crippen LogP contribution in [0.1, 0.15) is 33.1 Å². The van der Waals surface area contributed by atoms with E-state index in [0.29, 0.717) is 5.75 Å². The minimum absolute atomic E-state index is 0.0832. The number of carbonyl (C=O) groups is 7. The first kappa shape index (κ1) is 33.6. The van der Waals surface area contributed by atoms with Crippen LogP contribution in [0.15, 0.2) is 0 Å². The highest BCUT2D eigenvalue weighted by molar-refractivity contribution is 7.98. The number of aliphatic carboxylic acids is 1. The van der Waals surface area contributed by atoms with Crippen LogP contribution in [0.2, 0.25) is 0 Å². The molecule has 0 rings (SSSR count). The fraction of sp³-hybridized carbons (Fsp3) is 0.650. The lowest BCUT2D eigenvalue weighted by molar-refractivity contribution is -0.143. The molecule has 0 aromatic rings. The molecule has 0 saturated heterocycles. The third-order valence-corrected chi connectivity index (χ3v) is 5.52. The van der Waals surface area contributed by atoms with Gasteiger partial charge >= 0.3 is 5.97 Å². The molecule has 6 amide bonds. The van der Waals surface area contributed by atoms with E-state index >= 15 is 0 Å². The van der Waals surface area contributed by atoms with Crippen molar-refractivity contribution in [3.8, 4) is 0 Å². The van der Waals surface area contributed by atoms with Crippen molar-refractivity contribution in [3.05, 3.63) is 0 Å². The van der Waals surface area contributed by atoms with E-state index in [0.717, 1.165) is 0 Å². The monoisotopic (exact) mass is 549 g/mol. The molecule has 0 fully saturated rings. The van der Waals surface area contributed by atoms with Gasteiger partial charge in [-0.15, -0.1) is 0 Å². The number of hydrogen-bond donors (Lipinski definition) is 9. The fourth-order valence-corrected chi connectivity index (χ4v) is 3.22. The van der Waals surface area contributed by atoms with E-state index in [9.17, 15) is 43.8 Å². The number of primary amides is 2. The third kappa shape index (κ3) is 12.9. The van der Waals surface area contributed by atoms with E-state index in [1.165, 1.54) is 25.6 Å². The molecule has 0 aliphatic carbocycles. The number of amides is 6. The fourth-order valence-electron chi connectivity index (χ4n) is 2.75. The van der Waals surface area contributed by atoms with Gasteiger partial charge in [-0.25, -0.2) is 4.79 Å². The smallest absolute Gasteiger partial charge is 0.326 e. The molecule has 0 aliphatic heterocycles. The Labute approximate surface area is 217 Å². The number of nitrogens with two attached hydrogens (primary N) is 3. The number of aliphatic hydroxyl groups is 1. The summed E-state index contributed by atoms with van der Waals surface area (Å²) in [6.45, 7) is 2.50. The van der Waals surface area contributed by atoms with Crippen LogP contribution in [0.25, 0.3) is 0 Å². The average molecular weight is 550 g/mol. The summed E-state index contributed by atoms with van der Waals surface area (Å²) in [5, 5.41) is 27.6. The van der Waals surface area contributed by atoms with E-state index in [4.69, 9.17) is 17.2 Å². The summed E-state index contributed by atoms with van der Waals surface area (Å²) in [5.74, 6) is -6.65. The van der Waals surface area contributed by atoms with Crippen molar-refractivity contribution >= 4 is 53.2 Å². The average Bonchev–Trinajstić information content (AvgIpc) is 2.78. The number of carboxylic acids is 1. The number of hydrogen-bond acceptors (Lipinski definition) is 10. The summed E-state index contributed by atoms with van der Waals surface area (Å²) in [4.78, 5) is 83.8. The minimum atomic E-state index is -1.61. The molecule has 0 aromatic carbocycles. The zero-order chi connectivity index (χ0) is 28.9. The Hall–Kier alpha value is -3.44. The number of carboxylic acid groups (broad SMARTS) is 1. The van der Waals surface area contributed by atoms with Gasteiger partial charge in [-0.05, 0) is 32.3 Å². The zero-order valence-corrected chi connectivity index (χ0v) is 21.5. The van der Waals surface area contributed by atoms with Crippen LogP contribution in [0.5, 0.6) is 0 Å². The summed E-state index contributed by atoms with van der Waals surface area (Å²) in [6, 6.07) is -7.02. The maximum atomic E-state index is 12.7. The topological polar surface area (TPSA) is 286 Å². The van der Waals surface area contributed by atoms with Crippen molar-refractivity contribution in [2.45, 2.75) is 69.4 Å². The van der Waals surface area contributed by atoms with Crippen LogP contribution < -0.4 is 38.5 Å². The van der Waals surface area contributed by atoms with E-state index in [2.05, 4.69) is 21.3 Å². The molecule has 6 atom stereocenters. The molecule has 16 nitrogen and oxygen atoms in total. The standard InChI is InChI=1S/C20H35N7O9S/c1-8(24-18(33)11(6-13(21)29)26-19(34)15(23)9(2)28)16(31)25-10(4-5-37-3)17(32)27-12(20(35)36)7-14(22)30/h8-12,15,28H,4-7,23H2,1-3H3,(H2,21,29)(H2,22,30)(H,24,33)(H,25,31)(H,26,34)(H,27,32)(H,35,36)/t8-,9+,10-,11-,12-,15-/m0/s1. The molecule has 0 spiro atoms. The van der Waals surface area contributed by atoms with Crippen molar-refractivity contribution in [3.63, 3.8) is 0 Å². The number of carbonyl (C=O) groups excluding carboxylic acids is 6. The Morgan fingerprint density at radius 3 is 1.68 bits per heavy atom. The van der Waals surface area contributed by atoms with Crippen LogP contribution in [0.3, 0.4) is 0 Å². The Morgan fingerprint density at radius 2 is 1.22 bits per heavy atom. The molecule has 0 radical (unpaired) electrons. The molecule has 17 heteroatoms. The van der Waals surface area contributed by atoms with Crippen LogP contribution in [0, 0.1) is 0 Å². The first-order valence-electron chi connectivity index (χ1n) is 11.0. The first-order valence-corrected chi connectivity index (χ1v) is 12.4. The van der Waals surface area contributed by atoms with Gasteiger partial charge in [-0.3, -0.25) is 28.8 Å². The number of aliphatic hydroxyl groups excluding tert-OH is 1. The lowest BCUT2D eigenvalue weighted by Gasteiger charge is -2.24. The van der Waals surface area contributed by atoms with E-state index < -0.39 is 90.6 Å². The lowest BCUT2D eigenvalue weighted by Crippen LogP contribution is -2.59. The Morgan fingerprint density at radius 1 is 0.757 bits per heavy atom. The van der Waals surface area contributed by atoms with Gasteiger partial charge in [0.05, 0.1) is 18.9 Å². The quantitative estimate of drug-likeness (QED) is 0.0829. The van der Waals surface area contributed by atoms with Crippen LogP contribution >= 0.6 is 11.8 Å². The van der Waals surface area contributed by atoms with Crippen LogP contribution in [-0.4, -0.2) is 99.9 Å². The molecule has 0 bridgehead atoms. The van der Waals surface area contributed by atoms with Gasteiger partial charge in [-0.2, -0.15) is 11.8 Å². The van der Waals surface area contributed by atoms with Gasteiger partial charge in [0.25, 0.3) is 0 Å². The van der Waals surface area contributed by atoms with Crippen molar-refractivity contribution in [2.75, 3.05) is 12.0 Å². The zero-order valence-electron chi connectivity index (χ0n) is 20.7. The molecule has 0 aliphatic rings.